The summed E-state index contributed by atoms with van der Waals surface area (Å²) >= 11 is 0. The number of benzene rings is 2. The van der Waals surface area contributed by atoms with Crippen molar-refractivity contribution in [1.82, 2.24) is 20.3 Å². The number of rotatable bonds is 9. The molecule has 1 N–H and O–H groups in total. The van der Waals surface area contributed by atoms with E-state index in [2.05, 4.69) is 15.6 Å². The molecule has 0 unspecified atom stereocenters. The molecule has 1 heterocycles. The van der Waals surface area contributed by atoms with E-state index in [4.69, 9.17) is 9.47 Å². The average molecular weight is 510 g/mol. The van der Waals surface area contributed by atoms with Gasteiger partial charge in [0.25, 0.3) is 0 Å². The number of amides is 2. The summed E-state index contributed by atoms with van der Waals surface area (Å²) in [7, 11) is 0. The topological polar surface area (TPSA) is 98.6 Å². The van der Waals surface area contributed by atoms with E-state index in [9.17, 15) is 14.0 Å². The lowest BCUT2D eigenvalue weighted by Crippen LogP contribution is -2.36. The highest BCUT2D eigenvalue weighted by atomic mass is 19.1. The molecule has 0 aliphatic carbocycles. The molecule has 0 saturated heterocycles. The summed E-state index contributed by atoms with van der Waals surface area (Å²) in [5, 5.41) is 10.5. The largest absolute Gasteiger partial charge is 0.443 e. The molecular weight excluding hydrogens is 477 g/mol. The quantitative estimate of drug-likeness (QED) is 0.384. The highest BCUT2D eigenvalue weighted by Gasteiger charge is 2.24. The second kappa shape index (κ2) is 12.7. The van der Waals surface area contributed by atoms with Crippen molar-refractivity contribution in [2.45, 2.75) is 46.4 Å². The van der Waals surface area contributed by atoms with Crippen LogP contribution in [0.2, 0.25) is 0 Å². The van der Waals surface area contributed by atoms with Crippen LogP contribution in [0.15, 0.2) is 54.7 Å². The number of hydrogen-bond acceptors (Lipinski definition) is 6. The minimum atomic E-state index is -0.676. The third kappa shape index (κ3) is 8.75. The Bertz CT molecular complexity index is 1200. The zero-order valence-corrected chi connectivity index (χ0v) is 21.5. The van der Waals surface area contributed by atoms with E-state index >= 15 is 0 Å². The van der Waals surface area contributed by atoms with E-state index in [0.717, 1.165) is 11.1 Å². The Kier molecular flexibility index (Phi) is 9.37. The molecule has 1 aromatic heterocycles. The van der Waals surface area contributed by atoms with Gasteiger partial charge in [0.2, 0.25) is 0 Å². The molecule has 3 rings (SSSR count). The first-order valence-electron chi connectivity index (χ1n) is 12.0. The van der Waals surface area contributed by atoms with Gasteiger partial charge in [-0.05, 0) is 63.1 Å². The molecule has 196 valence electrons. The number of carbonyl (C=O) groups excluding carboxylic acids is 2. The maximum Gasteiger partial charge on any atom is 0.415 e. The van der Waals surface area contributed by atoms with Crippen molar-refractivity contribution in [2.24, 2.45) is 0 Å². The van der Waals surface area contributed by atoms with Crippen LogP contribution in [0.5, 0.6) is 5.75 Å². The van der Waals surface area contributed by atoms with Crippen LogP contribution in [-0.2, 0) is 17.8 Å². The number of halogens is 1. The van der Waals surface area contributed by atoms with Crippen molar-refractivity contribution < 1.29 is 23.5 Å². The van der Waals surface area contributed by atoms with Gasteiger partial charge in [0.1, 0.15) is 23.7 Å². The lowest BCUT2D eigenvalue weighted by atomic mass is 10.1. The fourth-order valence-electron chi connectivity index (χ4n) is 3.24. The minimum absolute atomic E-state index is 0.102. The molecule has 9 nitrogen and oxygen atoms in total. The molecule has 0 atom stereocenters. The van der Waals surface area contributed by atoms with Gasteiger partial charge in [-0.25, -0.2) is 18.7 Å². The summed E-state index contributed by atoms with van der Waals surface area (Å²) in [5.74, 6) is 0.458. The van der Waals surface area contributed by atoms with Crippen LogP contribution in [0.1, 0.15) is 44.5 Å². The van der Waals surface area contributed by atoms with Gasteiger partial charge < -0.3 is 14.8 Å². The van der Waals surface area contributed by atoms with Gasteiger partial charge in [-0.1, -0.05) is 41.6 Å². The van der Waals surface area contributed by atoms with E-state index in [1.165, 1.54) is 9.58 Å². The Morgan fingerprint density at radius 1 is 1.05 bits per heavy atom. The lowest BCUT2D eigenvalue weighted by Gasteiger charge is -2.27. The third-order valence-corrected chi connectivity index (χ3v) is 4.92. The Morgan fingerprint density at radius 3 is 2.24 bits per heavy atom. The Morgan fingerprint density at radius 2 is 1.68 bits per heavy atom. The lowest BCUT2D eigenvalue weighted by molar-refractivity contribution is 0.0577. The van der Waals surface area contributed by atoms with Crippen LogP contribution < -0.4 is 15.0 Å². The Balaban J connectivity index is 1.72. The first-order chi connectivity index (χ1) is 17.7. The smallest absolute Gasteiger partial charge is 0.415 e. The van der Waals surface area contributed by atoms with Crippen LogP contribution in [-0.4, -0.2) is 46.0 Å². The van der Waals surface area contributed by atoms with Crippen LogP contribution in [0, 0.1) is 0 Å². The van der Waals surface area contributed by atoms with Crippen molar-refractivity contribution in [3.05, 3.63) is 71.5 Å². The number of carbonyl (C=O) groups is 2. The molecular formula is C27H32FN5O4. The molecule has 2 aromatic carbocycles. The maximum absolute atomic E-state index is 13.0. The zero-order valence-electron chi connectivity index (χ0n) is 21.5. The molecule has 10 heteroatoms. The zero-order chi connectivity index (χ0) is 26.8. The summed E-state index contributed by atoms with van der Waals surface area (Å²) in [5.41, 5.74) is 2.31. The van der Waals surface area contributed by atoms with Crippen molar-refractivity contribution in [3.63, 3.8) is 0 Å². The van der Waals surface area contributed by atoms with E-state index < -0.39 is 24.5 Å². The summed E-state index contributed by atoms with van der Waals surface area (Å²) in [4.78, 5) is 26.0. The fourth-order valence-corrected chi connectivity index (χ4v) is 3.24. The molecule has 0 aliphatic rings. The molecule has 0 aliphatic heterocycles. The van der Waals surface area contributed by atoms with E-state index in [0.29, 0.717) is 23.7 Å². The van der Waals surface area contributed by atoms with Crippen molar-refractivity contribution in [1.29, 1.82) is 0 Å². The molecule has 0 spiro atoms. The van der Waals surface area contributed by atoms with Crippen LogP contribution in [0.3, 0.4) is 0 Å². The maximum atomic E-state index is 13.0. The second-order valence-corrected chi connectivity index (χ2v) is 9.14. The highest BCUT2D eigenvalue weighted by Crippen LogP contribution is 2.22. The fraction of sp³-hybridized carbons (Fsp3) is 0.333. The number of anilines is 1. The molecule has 0 bridgehead atoms. The van der Waals surface area contributed by atoms with Gasteiger partial charge in [0.05, 0.1) is 19.3 Å². The monoisotopic (exact) mass is 509 g/mol. The third-order valence-electron chi connectivity index (χ3n) is 4.92. The summed E-state index contributed by atoms with van der Waals surface area (Å²) < 4.78 is 24.8. The van der Waals surface area contributed by atoms with Crippen LogP contribution in [0.4, 0.5) is 19.7 Å². The van der Waals surface area contributed by atoms with E-state index in [-0.39, 0.29) is 13.1 Å². The molecule has 0 radical (unpaired) electrons. The number of nitrogens with one attached hydrogen (secondary N) is 1. The van der Waals surface area contributed by atoms with Gasteiger partial charge in [-0.3, -0.25) is 4.90 Å². The Labute approximate surface area is 215 Å². The molecule has 37 heavy (non-hydrogen) atoms. The van der Waals surface area contributed by atoms with Crippen molar-refractivity contribution >= 4 is 30.0 Å². The van der Waals surface area contributed by atoms with Crippen LogP contribution in [0.25, 0.3) is 12.2 Å². The predicted octanol–water partition coefficient (Wildman–Crippen LogP) is 5.47. The summed E-state index contributed by atoms with van der Waals surface area (Å²) in [6.07, 6.45) is 4.46. The molecule has 3 aromatic rings. The predicted molar refractivity (Wildman–Crippen MR) is 140 cm³/mol. The first kappa shape index (κ1) is 27.4. The van der Waals surface area contributed by atoms with Gasteiger partial charge in [-0.15, -0.1) is 5.10 Å². The summed E-state index contributed by atoms with van der Waals surface area (Å²) in [6, 6.07) is 14.5. The second-order valence-electron chi connectivity index (χ2n) is 9.14. The SMILES string of the molecule is CCNC(=O)Oc1ccc(/C=C/c2ccc(N(Cc3cn(CCF)nn3)C(=O)OC(C)(C)C)cc2)cc1. The molecule has 2 amide bonds. The van der Waals surface area contributed by atoms with Crippen molar-refractivity contribution in [3.8, 4) is 5.75 Å². The van der Waals surface area contributed by atoms with Gasteiger partial charge in [0, 0.05) is 12.2 Å². The number of alkyl halides is 1. The number of aromatic nitrogens is 3. The highest BCUT2D eigenvalue weighted by molar-refractivity contribution is 5.88. The standard InChI is InChI=1S/C27H32FN5O4/c1-5-29-25(34)36-24-14-10-21(11-15-24)7-6-20-8-12-23(13-9-20)33(26(35)37-27(2,3)4)19-22-18-32(17-16-28)31-30-22/h6-15,18H,5,16-17,19H2,1-4H3,(H,29,34)/b7-6+. The number of aryl methyl sites for hydroxylation is 1. The summed E-state index contributed by atoms with van der Waals surface area (Å²) in [6.45, 7) is 7.38. The molecule has 0 saturated carbocycles. The average Bonchev–Trinajstić information content (AvgIpc) is 3.29. The van der Waals surface area contributed by atoms with E-state index in [1.54, 1.807) is 39.1 Å². The minimum Gasteiger partial charge on any atom is -0.443 e. The number of hydrogen-bond donors (Lipinski definition) is 1. The Hall–Kier alpha value is -4.21. The van der Waals surface area contributed by atoms with Gasteiger partial charge >= 0.3 is 12.2 Å². The number of nitrogens with zero attached hydrogens (tertiary/aromatic N) is 4. The van der Waals surface area contributed by atoms with Crippen LogP contribution >= 0.6 is 0 Å². The van der Waals surface area contributed by atoms with Crippen molar-refractivity contribution in [2.75, 3.05) is 18.1 Å². The van der Waals surface area contributed by atoms with Gasteiger partial charge in [-0.2, -0.15) is 0 Å². The molecule has 0 fully saturated rings. The number of ether oxygens (including phenoxy) is 2. The first-order valence-corrected chi connectivity index (χ1v) is 12.0. The van der Waals surface area contributed by atoms with Gasteiger partial charge in [0.15, 0.2) is 0 Å². The van der Waals surface area contributed by atoms with E-state index in [1.807, 2.05) is 55.5 Å². The normalized spacial score (nSPS) is 11.4.